The first-order valence-corrected chi connectivity index (χ1v) is 12.3. The number of barbiturate groups is 1. The van der Waals surface area contributed by atoms with E-state index in [0.717, 1.165) is 0 Å². The second kappa shape index (κ2) is 9.73. The Kier molecular flexibility index (Phi) is 6.54. The summed E-state index contributed by atoms with van der Waals surface area (Å²) in [6.45, 7) is 4.83. The first kappa shape index (κ1) is 26.2. The van der Waals surface area contributed by atoms with E-state index < -0.39 is 59.2 Å². The lowest BCUT2D eigenvalue weighted by Crippen LogP contribution is -2.75. The van der Waals surface area contributed by atoms with Crippen LogP contribution in [0.4, 0.5) is 29.7 Å². The number of halogens is 2. The smallest absolute Gasteiger partial charge is 0.339 e. The number of anilines is 2. The third kappa shape index (κ3) is 4.38. The Hall–Kier alpha value is -4.39. The molecule has 2 aromatic carbocycles. The average molecular weight is 541 g/mol. The van der Waals surface area contributed by atoms with Crippen molar-refractivity contribution in [1.82, 2.24) is 16.1 Å². The van der Waals surface area contributed by atoms with E-state index in [1.165, 1.54) is 17.9 Å². The van der Waals surface area contributed by atoms with Gasteiger partial charge in [0.2, 0.25) is 11.8 Å². The average Bonchev–Trinajstić information content (AvgIpc) is 2.87. The van der Waals surface area contributed by atoms with Gasteiger partial charge in [0.15, 0.2) is 17.0 Å². The number of ether oxygens (including phenoxy) is 1. The fraction of sp³-hybridized carbons (Fsp3) is 0.346. The molecular formula is C26H26F2N6O5. The van der Waals surface area contributed by atoms with Crippen molar-refractivity contribution in [1.29, 1.82) is 0 Å². The Bertz CT molecular complexity index is 1400. The molecule has 0 saturated carbocycles. The van der Waals surface area contributed by atoms with Gasteiger partial charge >= 0.3 is 12.1 Å². The number of morpholine rings is 1. The number of nitrogens with one attached hydrogen (secondary N) is 4. The van der Waals surface area contributed by atoms with E-state index in [9.17, 15) is 19.2 Å². The van der Waals surface area contributed by atoms with E-state index in [4.69, 9.17) is 4.74 Å². The number of carbonyl (C=O) groups excluding carboxylic acids is 4. The van der Waals surface area contributed by atoms with Gasteiger partial charge in [0, 0.05) is 24.2 Å². The molecule has 0 aliphatic carbocycles. The summed E-state index contributed by atoms with van der Waals surface area (Å²) in [7, 11) is 0. The topological polar surface area (TPSA) is 141 Å². The molecule has 0 aromatic heterocycles. The van der Waals surface area contributed by atoms with Crippen molar-refractivity contribution in [3.05, 3.63) is 59.2 Å². The van der Waals surface area contributed by atoms with Crippen LogP contribution in [0.5, 0.6) is 0 Å². The second-order valence-corrected chi connectivity index (χ2v) is 9.82. The van der Waals surface area contributed by atoms with Gasteiger partial charge in [-0.15, -0.1) is 0 Å². The number of hydrogen-bond donors (Lipinski definition) is 4. The number of hydrogen-bond acceptors (Lipinski definition) is 7. The molecule has 4 N–H and O–H groups in total. The predicted molar refractivity (Wildman–Crippen MR) is 136 cm³/mol. The maximum Gasteiger partial charge on any atom is 0.339 e. The number of benzene rings is 2. The summed E-state index contributed by atoms with van der Waals surface area (Å²) >= 11 is 0. The van der Waals surface area contributed by atoms with E-state index in [1.54, 1.807) is 44.2 Å². The molecule has 1 spiro atoms. The van der Waals surface area contributed by atoms with E-state index in [1.807, 2.05) is 0 Å². The number of carbonyl (C=O) groups is 4. The highest BCUT2D eigenvalue weighted by Gasteiger charge is 2.63. The van der Waals surface area contributed by atoms with Crippen LogP contribution in [0.25, 0.3) is 0 Å². The lowest BCUT2D eigenvalue weighted by Gasteiger charge is -2.55. The second-order valence-electron chi connectivity index (χ2n) is 9.82. The summed E-state index contributed by atoms with van der Waals surface area (Å²) in [5.41, 5.74) is 0.672. The summed E-state index contributed by atoms with van der Waals surface area (Å²) in [6, 6.07) is 7.21. The maximum atomic E-state index is 15.8. The van der Waals surface area contributed by atoms with E-state index in [-0.39, 0.29) is 35.5 Å². The highest BCUT2D eigenvalue weighted by molar-refractivity contribution is 6.20. The van der Waals surface area contributed by atoms with Crippen molar-refractivity contribution in [3.8, 4) is 0 Å². The SMILES string of the molecule is CC(=NNC(=O)Nc1ccccc1)c1cc2c(c(F)c1F)N1C[C@@H](C)O[C@@H](C)[C@@H]1C1(C2)C(=O)NC(=O)NC1=O. The number of nitrogens with zero attached hydrogens (tertiary/aromatic N) is 2. The molecule has 0 radical (unpaired) electrons. The number of rotatable bonds is 3. The van der Waals surface area contributed by atoms with Gasteiger partial charge in [0.25, 0.3) is 0 Å². The Balaban J connectivity index is 1.54. The van der Waals surface area contributed by atoms with Crippen LogP contribution in [0.3, 0.4) is 0 Å². The van der Waals surface area contributed by atoms with Gasteiger partial charge in [-0.05, 0) is 44.5 Å². The standard InChI is InChI=1S/C26H26F2N6O5/c1-12-11-34-20-15(10-26(21(34)14(3)39-12)22(35)30-24(37)31-23(26)36)9-17(18(27)19(20)28)13(2)32-33-25(38)29-16-7-5-4-6-8-16/h4-9,12,14,21H,10-11H2,1-3H3,(H2,29,33,38)(H2,30,31,35,36,37)/t12-,14+,21-/m1/s1. The highest BCUT2D eigenvalue weighted by Crippen LogP contribution is 2.48. The van der Waals surface area contributed by atoms with Gasteiger partial charge in [-0.2, -0.15) is 5.10 Å². The van der Waals surface area contributed by atoms with Gasteiger partial charge < -0.3 is 15.0 Å². The van der Waals surface area contributed by atoms with Crippen molar-refractivity contribution < 1.29 is 32.7 Å². The van der Waals surface area contributed by atoms with E-state index >= 15 is 8.78 Å². The number of imide groups is 2. The predicted octanol–water partition coefficient (Wildman–Crippen LogP) is 2.40. The zero-order valence-electron chi connectivity index (χ0n) is 21.3. The molecule has 204 valence electrons. The Morgan fingerprint density at radius 1 is 1.10 bits per heavy atom. The normalized spacial score (nSPS) is 23.9. The summed E-state index contributed by atoms with van der Waals surface area (Å²) in [4.78, 5) is 52.1. The Morgan fingerprint density at radius 2 is 1.77 bits per heavy atom. The number of hydrazone groups is 1. The number of para-hydroxylation sites is 1. The molecule has 3 aliphatic rings. The maximum absolute atomic E-state index is 15.8. The molecule has 2 fully saturated rings. The molecular weight excluding hydrogens is 514 g/mol. The summed E-state index contributed by atoms with van der Waals surface area (Å²) in [5, 5.41) is 10.7. The molecule has 6 amide bonds. The fourth-order valence-electron chi connectivity index (χ4n) is 5.68. The minimum absolute atomic E-state index is 0.0509. The lowest BCUT2D eigenvalue weighted by atomic mass is 9.66. The Labute approximate surface area is 221 Å². The summed E-state index contributed by atoms with van der Waals surface area (Å²) in [6.07, 6.45) is -1.48. The fourth-order valence-corrected chi connectivity index (χ4v) is 5.68. The summed E-state index contributed by atoms with van der Waals surface area (Å²) < 4.78 is 37.1. The number of fused-ring (bicyclic) bond motifs is 4. The van der Waals surface area contributed by atoms with Crippen LogP contribution in [-0.4, -0.2) is 54.4 Å². The molecule has 2 saturated heterocycles. The van der Waals surface area contributed by atoms with Gasteiger partial charge in [-0.3, -0.25) is 20.2 Å². The van der Waals surface area contributed by atoms with Crippen LogP contribution in [0.15, 0.2) is 41.5 Å². The van der Waals surface area contributed by atoms with Crippen molar-refractivity contribution in [2.24, 2.45) is 10.5 Å². The first-order chi connectivity index (χ1) is 18.5. The molecule has 11 nitrogen and oxygen atoms in total. The molecule has 39 heavy (non-hydrogen) atoms. The minimum Gasteiger partial charge on any atom is -0.372 e. The number of urea groups is 2. The van der Waals surface area contributed by atoms with Crippen LogP contribution in [-0.2, 0) is 20.7 Å². The quantitative estimate of drug-likeness (QED) is 0.268. The van der Waals surface area contributed by atoms with Crippen molar-refractivity contribution in [3.63, 3.8) is 0 Å². The van der Waals surface area contributed by atoms with Crippen molar-refractivity contribution in [2.75, 3.05) is 16.8 Å². The zero-order valence-corrected chi connectivity index (χ0v) is 21.3. The van der Waals surface area contributed by atoms with Crippen LogP contribution in [0.2, 0.25) is 0 Å². The van der Waals surface area contributed by atoms with Gasteiger partial charge in [-0.1, -0.05) is 18.2 Å². The molecule has 0 unspecified atom stereocenters. The minimum atomic E-state index is -1.85. The zero-order chi connectivity index (χ0) is 28.1. The monoisotopic (exact) mass is 540 g/mol. The van der Waals surface area contributed by atoms with Gasteiger partial charge in [0.1, 0.15) is 0 Å². The molecule has 3 aliphatic heterocycles. The number of amides is 6. The first-order valence-electron chi connectivity index (χ1n) is 12.3. The molecule has 0 bridgehead atoms. The largest absolute Gasteiger partial charge is 0.372 e. The molecule has 3 heterocycles. The van der Waals surface area contributed by atoms with Crippen LogP contribution in [0.1, 0.15) is 31.9 Å². The molecule has 13 heteroatoms. The third-order valence-electron chi connectivity index (χ3n) is 7.21. The van der Waals surface area contributed by atoms with Gasteiger partial charge in [-0.25, -0.2) is 23.8 Å². The lowest BCUT2D eigenvalue weighted by molar-refractivity contribution is -0.153. The van der Waals surface area contributed by atoms with E-state index in [0.29, 0.717) is 5.69 Å². The highest BCUT2D eigenvalue weighted by atomic mass is 19.2. The van der Waals surface area contributed by atoms with Crippen molar-refractivity contribution in [2.45, 2.75) is 45.4 Å². The van der Waals surface area contributed by atoms with Gasteiger partial charge in [0.05, 0.1) is 29.6 Å². The summed E-state index contributed by atoms with van der Waals surface area (Å²) in [5.74, 6) is -4.08. The third-order valence-corrected chi connectivity index (χ3v) is 7.21. The van der Waals surface area contributed by atoms with Crippen LogP contribution < -0.4 is 26.3 Å². The molecule has 3 atom stereocenters. The van der Waals surface area contributed by atoms with E-state index in [2.05, 4.69) is 26.5 Å². The Morgan fingerprint density at radius 3 is 2.44 bits per heavy atom. The molecule has 2 aromatic rings. The van der Waals surface area contributed by atoms with Crippen LogP contribution >= 0.6 is 0 Å². The van der Waals surface area contributed by atoms with Crippen LogP contribution in [0, 0.1) is 17.0 Å². The van der Waals surface area contributed by atoms with Crippen molar-refractivity contribution >= 4 is 41.0 Å². The molecule has 5 rings (SSSR count).